The summed E-state index contributed by atoms with van der Waals surface area (Å²) >= 11 is 0. The third-order valence-electron chi connectivity index (χ3n) is 4.88. The smallest absolute Gasteiger partial charge is 0.343 e. The first kappa shape index (κ1) is 21.5. The minimum Gasteiger partial charge on any atom is -0.432 e. The maximum absolute atomic E-state index is 12.5. The fourth-order valence-corrected chi connectivity index (χ4v) is 3.23. The zero-order valence-corrected chi connectivity index (χ0v) is 17.3. The van der Waals surface area contributed by atoms with Gasteiger partial charge in [-0.15, -0.1) is 0 Å². The van der Waals surface area contributed by atoms with Crippen LogP contribution in [0.4, 0.5) is 5.69 Å². The Labute approximate surface area is 189 Å². The van der Waals surface area contributed by atoms with Crippen LogP contribution >= 0.6 is 0 Å². The molecule has 7 nitrogen and oxygen atoms in total. The standard InChI is InChI=1S/C26H17NO6/c1-2-32-25(30)19-5-3-17(4-6-19)18-9-13-22(14-10-18)33-26(31)20-7-11-21(12-8-20)27-23(28)15-16-24(27)29/h2-16H,1H2. The molecular formula is C26H17NO6. The van der Waals surface area contributed by atoms with Crippen LogP contribution in [0.15, 0.2) is 97.8 Å². The highest BCUT2D eigenvalue weighted by atomic mass is 16.5. The Bertz CT molecular complexity index is 1250. The monoisotopic (exact) mass is 439 g/mol. The van der Waals surface area contributed by atoms with Gasteiger partial charge in [0.15, 0.2) is 0 Å². The number of imide groups is 1. The summed E-state index contributed by atoms with van der Waals surface area (Å²) in [6, 6.07) is 19.8. The lowest BCUT2D eigenvalue weighted by atomic mass is 10.0. The van der Waals surface area contributed by atoms with Gasteiger partial charge >= 0.3 is 11.9 Å². The average molecular weight is 439 g/mol. The summed E-state index contributed by atoms with van der Waals surface area (Å²) in [5.41, 5.74) is 2.80. The molecule has 1 aliphatic heterocycles. The molecule has 1 aliphatic rings. The van der Waals surface area contributed by atoms with Crippen molar-refractivity contribution in [3.63, 3.8) is 0 Å². The fourth-order valence-electron chi connectivity index (χ4n) is 3.23. The number of amides is 2. The largest absolute Gasteiger partial charge is 0.432 e. The third-order valence-corrected chi connectivity index (χ3v) is 4.88. The second kappa shape index (κ2) is 9.15. The number of anilines is 1. The Hall–Kier alpha value is -4.78. The lowest BCUT2D eigenvalue weighted by Gasteiger charge is -2.14. The quantitative estimate of drug-likeness (QED) is 0.246. The zero-order valence-electron chi connectivity index (χ0n) is 17.3. The Morgan fingerprint density at radius 1 is 0.697 bits per heavy atom. The molecule has 3 aromatic carbocycles. The topological polar surface area (TPSA) is 90.0 Å². The molecule has 0 aliphatic carbocycles. The predicted octanol–water partition coefficient (Wildman–Crippen LogP) is 4.30. The van der Waals surface area contributed by atoms with Gasteiger partial charge in [0.05, 0.1) is 23.1 Å². The summed E-state index contributed by atoms with van der Waals surface area (Å²) in [6.07, 6.45) is 3.47. The molecule has 0 radical (unpaired) electrons. The van der Waals surface area contributed by atoms with Gasteiger partial charge in [-0.1, -0.05) is 30.8 Å². The summed E-state index contributed by atoms with van der Waals surface area (Å²) in [6.45, 7) is 3.36. The number of hydrogen-bond acceptors (Lipinski definition) is 6. The second-order valence-electron chi connectivity index (χ2n) is 6.96. The molecule has 0 aromatic heterocycles. The number of hydrogen-bond donors (Lipinski definition) is 0. The molecule has 0 saturated heterocycles. The van der Waals surface area contributed by atoms with Crippen LogP contribution in [0.5, 0.6) is 5.75 Å². The Balaban J connectivity index is 1.41. The third kappa shape index (κ3) is 4.62. The molecule has 33 heavy (non-hydrogen) atoms. The number of benzene rings is 3. The van der Waals surface area contributed by atoms with E-state index in [2.05, 4.69) is 6.58 Å². The molecule has 0 unspecified atom stereocenters. The van der Waals surface area contributed by atoms with Crippen molar-refractivity contribution in [1.82, 2.24) is 0 Å². The molecule has 0 spiro atoms. The highest BCUT2D eigenvalue weighted by Crippen LogP contribution is 2.24. The molecule has 0 fully saturated rings. The first-order valence-electron chi connectivity index (χ1n) is 9.87. The maximum Gasteiger partial charge on any atom is 0.343 e. The summed E-state index contributed by atoms with van der Waals surface area (Å²) in [4.78, 5) is 48.7. The molecule has 0 atom stereocenters. The van der Waals surface area contributed by atoms with Gasteiger partial charge in [0.2, 0.25) is 0 Å². The second-order valence-corrected chi connectivity index (χ2v) is 6.96. The lowest BCUT2D eigenvalue weighted by Crippen LogP contribution is -2.29. The molecule has 0 bridgehead atoms. The summed E-state index contributed by atoms with van der Waals surface area (Å²) in [7, 11) is 0. The van der Waals surface area contributed by atoms with E-state index in [0.29, 0.717) is 17.0 Å². The van der Waals surface area contributed by atoms with E-state index in [1.165, 1.54) is 36.4 Å². The Morgan fingerprint density at radius 3 is 1.73 bits per heavy atom. The van der Waals surface area contributed by atoms with Gasteiger partial charge in [-0.2, -0.15) is 0 Å². The minimum absolute atomic E-state index is 0.275. The average Bonchev–Trinajstić information content (AvgIpc) is 3.17. The molecule has 0 saturated carbocycles. The van der Waals surface area contributed by atoms with Crippen LogP contribution < -0.4 is 9.64 Å². The highest BCUT2D eigenvalue weighted by molar-refractivity contribution is 6.28. The van der Waals surface area contributed by atoms with Gasteiger partial charge in [0.25, 0.3) is 11.8 Å². The van der Waals surface area contributed by atoms with Crippen LogP contribution in [0, 0.1) is 0 Å². The van der Waals surface area contributed by atoms with Crippen molar-refractivity contribution in [2.45, 2.75) is 0 Å². The summed E-state index contributed by atoms with van der Waals surface area (Å²) in [5.74, 6) is -1.56. The van der Waals surface area contributed by atoms with Crippen molar-refractivity contribution < 1.29 is 28.7 Å². The number of carbonyl (C=O) groups excluding carboxylic acids is 4. The van der Waals surface area contributed by atoms with Crippen LogP contribution in [0.2, 0.25) is 0 Å². The molecule has 7 heteroatoms. The van der Waals surface area contributed by atoms with Gasteiger partial charge in [-0.05, 0) is 59.7 Å². The van der Waals surface area contributed by atoms with E-state index in [9.17, 15) is 19.2 Å². The van der Waals surface area contributed by atoms with Crippen molar-refractivity contribution in [2.75, 3.05) is 4.90 Å². The molecule has 1 heterocycles. The lowest BCUT2D eigenvalue weighted by molar-refractivity contribution is -0.120. The number of carbonyl (C=O) groups is 4. The van der Waals surface area contributed by atoms with E-state index in [1.807, 2.05) is 0 Å². The van der Waals surface area contributed by atoms with Crippen molar-refractivity contribution >= 4 is 29.4 Å². The molecule has 3 aromatic rings. The minimum atomic E-state index is -0.573. The zero-order chi connectivity index (χ0) is 23.4. The van der Waals surface area contributed by atoms with Gasteiger partial charge in [0, 0.05) is 12.2 Å². The molecular weight excluding hydrogens is 422 g/mol. The predicted molar refractivity (Wildman–Crippen MR) is 121 cm³/mol. The van der Waals surface area contributed by atoms with Gasteiger partial charge in [0.1, 0.15) is 5.75 Å². The summed E-state index contributed by atoms with van der Waals surface area (Å²) < 4.78 is 10.2. The van der Waals surface area contributed by atoms with Crippen LogP contribution in [-0.4, -0.2) is 23.8 Å². The van der Waals surface area contributed by atoms with Crippen molar-refractivity contribution in [3.05, 3.63) is 109 Å². The van der Waals surface area contributed by atoms with Crippen LogP contribution in [-0.2, 0) is 14.3 Å². The number of esters is 2. The van der Waals surface area contributed by atoms with Crippen LogP contribution in [0.25, 0.3) is 11.1 Å². The SMILES string of the molecule is C=COC(=O)c1ccc(-c2ccc(OC(=O)c3ccc(N4C(=O)C=CC4=O)cc3)cc2)cc1. The van der Waals surface area contributed by atoms with Gasteiger partial charge in [-0.25, -0.2) is 14.5 Å². The number of ether oxygens (including phenoxy) is 2. The first-order valence-corrected chi connectivity index (χ1v) is 9.87. The normalized spacial score (nSPS) is 12.5. The van der Waals surface area contributed by atoms with E-state index in [4.69, 9.17) is 9.47 Å². The van der Waals surface area contributed by atoms with Crippen LogP contribution in [0.3, 0.4) is 0 Å². The van der Waals surface area contributed by atoms with E-state index in [1.54, 1.807) is 48.5 Å². The van der Waals surface area contributed by atoms with Crippen LogP contribution in [0.1, 0.15) is 20.7 Å². The van der Waals surface area contributed by atoms with E-state index in [-0.39, 0.29) is 5.56 Å². The van der Waals surface area contributed by atoms with E-state index >= 15 is 0 Å². The fraction of sp³-hybridized carbons (Fsp3) is 0. The number of nitrogens with zero attached hydrogens (tertiary/aromatic N) is 1. The Kier molecular flexibility index (Phi) is 5.95. The number of rotatable bonds is 6. The molecule has 0 N–H and O–H groups in total. The van der Waals surface area contributed by atoms with E-state index < -0.39 is 23.8 Å². The first-order chi connectivity index (χ1) is 16.0. The Morgan fingerprint density at radius 2 is 1.18 bits per heavy atom. The van der Waals surface area contributed by atoms with Gasteiger partial charge in [-0.3, -0.25) is 9.59 Å². The molecule has 162 valence electrons. The maximum atomic E-state index is 12.5. The van der Waals surface area contributed by atoms with Crippen molar-refractivity contribution in [2.24, 2.45) is 0 Å². The molecule has 4 rings (SSSR count). The van der Waals surface area contributed by atoms with E-state index in [0.717, 1.165) is 22.3 Å². The van der Waals surface area contributed by atoms with Crippen molar-refractivity contribution in [1.29, 1.82) is 0 Å². The van der Waals surface area contributed by atoms with Gasteiger partial charge < -0.3 is 9.47 Å². The highest BCUT2D eigenvalue weighted by Gasteiger charge is 2.25. The summed E-state index contributed by atoms with van der Waals surface area (Å²) in [5, 5.41) is 0. The van der Waals surface area contributed by atoms with Crippen molar-refractivity contribution in [3.8, 4) is 16.9 Å². The molecule has 2 amide bonds.